The summed E-state index contributed by atoms with van der Waals surface area (Å²) in [5.74, 6) is 0.317. The number of carbonyl (C=O) groups excluding carboxylic acids is 1. The Kier molecular flexibility index (Phi) is 6.52. The largest absolute Gasteiger partial charge is 0.393 e. The molecular formula is C15H22BrNO2. The van der Waals surface area contributed by atoms with Crippen LogP contribution >= 0.6 is 15.9 Å². The van der Waals surface area contributed by atoms with Gasteiger partial charge in [-0.3, -0.25) is 4.79 Å². The smallest absolute Gasteiger partial charge is 0.224 e. The molecule has 0 heterocycles. The van der Waals surface area contributed by atoms with Gasteiger partial charge in [-0.1, -0.05) is 28.9 Å². The standard InChI is InChI=1S/C15H22BrNO2/c1-10(6-12(3)18)9-17-15(19)8-13-4-5-14(16)7-11(13)2/h4-5,7,10,12,18H,6,8-9H2,1-3H3,(H,17,19). The molecular weight excluding hydrogens is 306 g/mol. The fraction of sp³-hybridized carbons (Fsp3) is 0.533. The zero-order valence-electron chi connectivity index (χ0n) is 11.7. The lowest BCUT2D eigenvalue weighted by Crippen LogP contribution is -2.30. The molecule has 4 heteroatoms. The number of aliphatic hydroxyl groups excluding tert-OH is 1. The summed E-state index contributed by atoms with van der Waals surface area (Å²) >= 11 is 3.41. The van der Waals surface area contributed by atoms with Crippen molar-refractivity contribution in [1.29, 1.82) is 0 Å². The average Bonchev–Trinajstić information content (AvgIpc) is 2.29. The zero-order valence-corrected chi connectivity index (χ0v) is 13.3. The third-order valence-electron chi connectivity index (χ3n) is 3.05. The molecule has 1 amide bonds. The first-order valence-corrected chi connectivity index (χ1v) is 7.37. The Morgan fingerprint density at radius 1 is 1.42 bits per heavy atom. The minimum Gasteiger partial charge on any atom is -0.393 e. The molecule has 1 aromatic carbocycles. The summed E-state index contributed by atoms with van der Waals surface area (Å²) < 4.78 is 1.03. The lowest BCUT2D eigenvalue weighted by Gasteiger charge is -2.14. The molecule has 1 aromatic rings. The molecule has 0 saturated carbocycles. The Labute approximate surface area is 123 Å². The lowest BCUT2D eigenvalue weighted by molar-refractivity contribution is -0.120. The average molecular weight is 328 g/mol. The first-order valence-electron chi connectivity index (χ1n) is 6.58. The molecule has 0 radical (unpaired) electrons. The highest BCUT2D eigenvalue weighted by Gasteiger charge is 2.10. The molecule has 1 rings (SSSR count). The predicted molar refractivity (Wildman–Crippen MR) is 81.1 cm³/mol. The quantitative estimate of drug-likeness (QED) is 0.844. The highest BCUT2D eigenvalue weighted by molar-refractivity contribution is 9.10. The topological polar surface area (TPSA) is 49.3 Å². The molecule has 0 bridgehead atoms. The maximum atomic E-state index is 11.9. The molecule has 106 valence electrons. The Morgan fingerprint density at radius 3 is 2.68 bits per heavy atom. The van der Waals surface area contributed by atoms with Gasteiger partial charge in [0.05, 0.1) is 12.5 Å². The van der Waals surface area contributed by atoms with Gasteiger partial charge in [0, 0.05) is 11.0 Å². The fourth-order valence-corrected chi connectivity index (χ4v) is 2.52. The van der Waals surface area contributed by atoms with Crippen molar-refractivity contribution in [1.82, 2.24) is 5.32 Å². The van der Waals surface area contributed by atoms with Crippen molar-refractivity contribution in [2.24, 2.45) is 5.92 Å². The predicted octanol–water partition coefficient (Wildman–Crippen LogP) is 2.82. The van der Waals surface area contributed by atoms with Crippen LogP contribution in [0.1, 0.15) is 31.4 Å². The second kappa shape index (κ2) is 7.65. The van der Waals surface area contributed by atoms with Crippen LogP contribution in [0.4, 0.5) is 0 Å². The van der Waals surface area contributed by atoms with E-state index in [2.05, 4.69) is 21.2 Å². The minimum atomic E-state index is -0.319. The molecule has 2 atom stereocenters. The first-order chi connectivity index (χ1) is 8.88. The maximum absolute atomic E-state index is 11.9. The van der Waals surface area contributed by atoms with Crippen LogP contribution < -0.4 is 5.32 Å². The van der Waals surface area contributed by atoms with E-state index in [1.54, 1.807) is 6.92 Å². The summed E-state index contributed by atoms with van der Waals surface area (Å²) in [4.78, 5) is 11.9. The van der Waals surface area contributed by atoms with E-state index < -0.39 is 0 Å². The van der Waals surface area contributed by atoms with Gasteiger partial charge < -0.3 is 10.4 Å². The van der Waals surface area contributed by atoms with Crippen molar-refractivity contribution in [3.05, 3.63) is 33.8 Å². The van der Waals surface area contributed by atoms with Gasteiger partial charge in [0.15, 0.2) is 0 Å². The van der Waals surface area contributed by atoms with Gasteiger partial charge in [-0.25, -0.2) is 0 Å². The fourth-order valence-electron chi connectivity index (χ4n) is 2.05. The molecule has 0 fully saturated rings. The van der Waals surface area contributed by atoms with Crippen molar-refractivity contribution in [3.63, 3.8) is 0 Å². The second-order valence-electron chi connectivity index (χ2n) is 5.24. The number of hydrogen-bond donors (Lipinski definition) is 2. The van der Waals surface area contributed by atoms with Crippen LogP contribution in [-0.2, 0) is 11.2 Å². The van der Waals surface area contributed by atoms with Gasteiger partial charge in [-0.05, 0) is 49.4 Å². The van der Waals surface area contributed by atoms with Crippen molar-refractivity contribution in [3.8, 4) is 0 Å². The molecule has 2 N–H and O–H groups in total. The van der Waals surface area contributed by atoms with E-state index in [9.17, 15) is 9.90 Å². The van der Waals surface area contributed by atoms with Crippen LogP contribution in [0.3, 0.4) is 0 Å². The monoisotopic (exact) mass is 327 g/mol. The number of halogens is 1. The van der Waals surface area contributed by atoms with Crippen LogP contribution in [0, 0.1) is 12.8 Å². The van der Waals surface area contributed by atoms with Gasteiger partial charge >= 0.3 is 0 Å². The number of rotatable bonds is 6. The van der Waals surface area contributed by atoms with E-state index in [0.29, 0.717) is 19.4 Å². The Balaban J connectivity index is 2.43. The number of aryl methyl sites for hydroxylation is 1. The number of nitrogens with one attached hydrogen (secondary N) is 1. The summed E-state index contributed by atoms with van der Waals surface area (Å²) in [5, 5.41) is 12.2. The van der Waals surface area contributed by atoms with Crippen molar-refractivity contribution in [2.75, 3.05) is 6.54 Å². The van der Waals surface area contributed by atoms with E-state index in [4.69, 9.17) is 0 Å². The lowest BCUT2D eigenvalue weighted by atomic mass is 10.0. The summed E-state index contributed by atoms with van der Waals surface area (Å²) in [6.07, 6.45) is 0.790. The van der Waals surface area contributed by atoms with Crippen LogP contribution in [0.5, 0.6) is 0 Å². The van der Waals surface area contributed by atoms with Crippen LogP contribution in [0.25, 0.3) is 0 Å². The molecule has 19 heavy (non-hydrogen) atoms. The van der Waals surface area contributed by atoms with Crippen molar-refractivity contribution >= 4 is 21.8 Å². The highest BCUT2D eigenvalue weighted by Crippen LogP contribution is 2.16. The number of carbonyl (C=O) groups is 1. The van der Waals surface area contributed by atoms with Crippen molar-refractivity contribution in [2.45, 2.75) is 39.7 Å². The highest BCUT2D eigenvalue weighted by atomic mass is 79.9. The minimum absolute atomic E-state index is 0.0304. The van der Waals surface area contributed by atoms with Gasteiger partial charge in [0.2, 0.25) is 5.91 Å². The third kappa shape index (κ3) is 6.21. The van der Waals surface area contributed by atoms with Gasteiger partial charge in [-0.15, -0.1) is 0 Å². The zero-order chi connectivity index (χ0) is 14.4. The molecule has 0 aliphatic rings. The van der Waals surface area contributed by atoms with E-state index in [-0.39, 0.29) is 17.9 Å². The SMILES string of the molecule is Cc1cc(Br)ccc1CC(=O)NCC(C)CC(C)O. The molecule has 0 aromatic heterocycles. The van der Waals surface area contributed by atoms with Gasteiger partial charge in [0.25, 0.3) is 0 Å². The molecule has 3 nitrogen and oxygen atoms in total. The van der Waals surface area contributed by atoms with Gasteiger partial charge in [-0.2, -0.15) is 0 Å². The Bertz CT molecular complexity index is 432. The summed E-state index contributed by atoms with van der Waals surface area (Å²) in [5.41, 5.74) is 2.16. The van der Waals surface area contributed by atoms with E-state index in [1.165, 1.54) is 0 Å². The first kappa shape index (κ1) is 16.2. The number of aliphatic hydroxyl groups is 1. The Hall–Kier alpha value is -0.870. The summed E-state index contributed by atoms with van der Waals surface area (Å²) in [6, 6.07) is 5.93. The molecule has 0 aliphatic carbocycles. The van der Waals surface area contributed by atoms with Crippen LogP contribution in [0.15, 0.2) is 22.7 Å². The summed E-state index contributed by atoms with van der Waals surface area (Å²) in [7, 11) is 0. The van der Waals surface area contributed by atoms with Crippen molar-refractivity contribution < 1.29 is 9.90 Å². The number of amides is 1. The summed E-state index contributed by atoms with van der Waals surface area (Å²) in [6.45, 7) is 6.41. The van der Waals surface area contributed by atoms with Crippen LogP contribution in [0.2, 0.25) is 0 Å². The number of hydrogen-bond acceptors (Lipinski definition) is 2. The molecule has 0 spiro atoms. The third-order valence-corrected chi connectivity index (χ3v) is 3.54. The van der Waals surface area contributed by atoms with E-state index in [0.717, 1.165) is 15.6 Å². The van der Waals surface area contributed by atoms with E-state index in [1.807, 2.05) is 32.0 Å². The molecule has 2 unspecified atom stereocenters. The van der Waals surface area contributed by atoms with E-state index >= 15 is 0 Å². The number of benzene rings is 1. The van der Waals surface area contributed by atoms with Gasteiger partial charge in [0.1, 0.15) is 0 Å². The Morgan fingerprint density at radius 2 is 2.11 bits per heavy atom. The maximum Gasteiger partial charge on any atom is 0.224 e. The second-order valence-corrected chi connectivity index (χ2v) is 6.16. The van der Waals surface area contributed by atoms with Crippen LogP contribution in [-0.4, -0.2) is 23.7 Å². The normalized spacial score (nSPS) is 13.9. The molecule has 0 saturated heterocycles. The molecule has 0 aliphatic heterocycles.